The van der Waals surface area contributed by atoms with Crippen molar-refractivity contribution >= 4 is 11.7 Å². The van der Waals surface area contributed by atoms with E-state index in [1.165, 1.54) is 28.6 Å². The molecule has 7 heteroatoms. The van der Waals surface area contributed by atoms with Crippen LogP contribution >= 0.6 is 0 Å². The van der Waals surface area contributed by atoms with E-state index < -0.39 is 11.0 Å². The van der Waals surface area contributed by atoms with E-state index in [4.69, 9.17) is 0 Å². The second-order valence-electron chi connectivity index (χ2n) is 4.44. The summed E-state index contributed by atoms with van der Waals surface area (Å²) in [4.78, 5) is 23.9. The molecule has 18 heavy (non-hydrogen) atoms. The normalized spacial score (nSPS) is 19.9. The molecule has 2 heterocycles. The Morgan fingerprint density at radius 2 is 2.28 bits per heavy atom. The zero-order valence-electron chi connectivity index (χ0n) is 10.1. The molecule has 1 atom stereocenters. The molecule has 7 nitrogen and oxygen atoms in total. The average molecular weight is 253 g/mol. The number of aliphatic hydroxyl groups excluding tert-OH is 1. The highest BCUT2D eigenvalue weighted by molar-refractivity contribution is 5.93. The Kier molecular flexibility index (Phi) is 3.33. The predicted molar refractivity (Wildman–Crippen MR) is 63.2 cm³/mol. The van der Waals surface area contributed by atoms with Gasteiger partial charge in [0.05, 0.1) is 13.2 Å². The molecule has 1 aromatic heterocycles. The summed E-state index contributed by atoms with van der Waals surface area (Å²) in [7, 11) is 1.49. The first-order valence-corrected chi connectivity index (χ1v) is 5.78. The van der Waals surface area contributed by atoms with Crippen LogP contribution in [-0.4, -0.2) is 44.6 Å². The maximum Gasteiger partial charge on any atom is 0.323 e. The highest BCUT2D eigenvalue weighted by atomic mass is 16.6. The molecule has 0 saturated carbocycles. The molecular weight excluding hydrogens is 238 g/mol. The number of aliphatic hydroxyl groups is 1. The molecule has 0 radical (unpaired) electrons. The van der Waals surface area contributed by atoms with Crippen molar-refractivity contribution in [1.29, 1.82) is 0 Å². The van der Waals surface area contributed by atoms with Crippen molar-refractivity contribution in [3.05, 3.63) is 27.9 Å². The van der Waals surface area contributed by atoms with Gasteiger partial charge in [-0.1, -0.05) is 0 Å². The number of carbonyl (C=O) groups excluding carboxylic acids is 1. The number of carbonyl (C=O) groups is 1. The third-order valence-corrected chi connectivity index (χ3v) is 3.19. The molecule has 1 aliphatic heterocycles. The van der Waals surface area contributed by atoms with Gasteiger partial charge in [-0.15, -0.1) is 0 Å². The van der Waals surface area contributed by atoms with Crippen molar-refractivity contribution in [2.24, 2.45) is 7.05 Å². The number of hydrogen-bond donors (Lipinski definition) is 1. The van der Waals surface area contributed by atoms with E-state index in [1.54, 1.807) is 0 Å². The van der Waals surface area contributed by atoms with Gasteiger partial charge in [0, 0.05) is 19.2 Å². The van der Waals surface area contributed by atoms with Crippen molar-refractivity contribution in [3.63, 3.8) is 0 Å². The van der Waals surface area contributed by atoms with Gasteiger partial charge >= 0.3 is 5.82 Å². The second kappa shape index (κ2) is 4.77. The van der Waals surface area contributed by atoms with Crippen LogP contribution in [0, 0.1) is 10.1 Å². The fraction of sp³-hybridized carbons (Fsp3) is 0.545. The molecule has 1 fully saturated rings. The first-order valence-electron chi connectivity index (χ1n) is 5.78. The predicted octanol–water partition coefficient (Wildman–Crippen LogP) is 0.530. The number of nitro groups is 1. The van der Waals surface area contributed by atoms with Crippen LogP contribution in [0.4, 0.5) is 5.82 Å². The summed E-state index contributed by atoms with van der Waals surface area (Å²) in [6.07, 6.45) is 0.939. The summed E-state index contributed by atoms with van der Waals surface area (Å²) in [5, 5.41) is 20.2. The van der Waals surface area contributed by atoms with Crippen LogP contribution in [-0.2, 0) is 7.05 Å². The maximum absolute atomic E-state index is 12.2. The van der Waals surface area contributed by atoms with Crippen LogP contribution in [0.1, 0.15) is 23.3 Å². The minimum atomic E-state index is -0.526. The van der Waals surface area contributed by atoms with Gasteiger partial charge in [-0.2, -0.15) is 0 Å². The van der Waals surface area contributed by atoms with Crippen LogP contribution in [0.3, 0.4) is 0 Å². The van der Waals surface area contributed by atoms with E-state index in [9.17, 15) is 20.0 Å². The number of amides is 1. The first-order chi connectivity index (χ1) is 8.50. The lowest BCUT2D eigenvalue weighted by molar-refractivity contribution is -0.391. The highest BCUT2D eigenvalue weighted by Gasteiger charge is 2.28. The number of β-amino-alcohol motifs (C(OH)–C–C–N with tert-alkyl or cyclic N) is 1. The number of piperidine rings is 1. The van der Waals surface area contributed by atoms with E-state index >= 15 is 0 Å². The summed E-state index contributed by atoms with van der Waals surface area (Å²) in [6.45, 7) is 0.868. The van der Waals surface area contributed by atoms with Crippen molar-refractivity contribution < 1.29 is 14.8 Å². The van der Waals surface area contributed by atoms with Crippen LogP contribution in [0.15, 0.2) is 12.1 Å². The average Bonchev–Trinajstić information content (AvgIpc) is 2.70. The zero-order valence-corrected chi connectivity index (χ0v) is 10.1. The molecule has 2 rings (SSSR count). The fourth-order valence-electron chi connectivity index (χ4n) is 2.20. The smallest absolute Gasteiger partial charge is 0.323 e. The molecule has 1 aliphatic rings. The first kappa shape index (κ1) is 12.6. The standard InChI is InChI=1S/C11H15N3O4/c1-12-9(4-5-10(12)14(17)18)11(16)13-6-2-3-8(15)7-13/h4-5,8,15H,2-3,6-7H2,1H3. The SMILES string of the molecule is Cn1c(C(=O)N2CCCC(O)C2)ccc1[N+](=O)[O-]. The van der Waals surface area contributed by atoms with Crippen molar-refractivity contribution in [2.75, 3.05) is 13.1 Å². The van der Waals surface area contributed by atoms with Gasteiger partial charge in [0.25, 0.3) is 5.91 Å². The van der Waals surface area contributed by atoms with Gasteiger partial charge in [-0.05, 0) is 23.8 Å². The van der Waals surface area contributed by atoms with Gasteiger partial charge in [-0.3, -0.25) is 4.79 Å². The molecule has 0 spiro atoms. The molecule has 1 saturated heterocycles. The van der Waals surface area contributed by atoms with Crippen molar-refractivity contribution in [3.8, 4) is 0 Å². The zero-order chi connectivity index (χ0) is 13.3. The van der Waals surface area contributed by atoms with Gasteiger partial charge in [-0.25, -0.2) is 4.57 Å². The summed E-state index contributed by atoms with van der Waals surface area (Å²) in [5.74, 6) is -0.389. The molecule has 1 N–H and O–H groups in total. The second-order valence-corrected chi connectivity index (χ2v) is 4.44. The van der Waals surface area contributed by atoms with Gasteiger partial charge in [0.2, 0.25) is 0 Å². The quantitative estimate of drug-likeness (QED) is 0.615. The summed E-state index contributed by atoms with van der Waals surface area (Å²) in [5.41, 5.74) is 0.274. The van der Waals surface area contributed by atoms with E-state index in [0.717, 1.165) is 6.42 Å². The Hall–Kier alpha value is -1.89. The Bertz CT molecular complexity index is 483. The number of likely N-dealkylation sites (tertiary alicyclic amines) is 1. The van der Waals surface area contributed by atoms with Gasteiger partial charge < -0.3 is 20.1 Å². The maximum atomic E-state index is 12.2. The Morgan fingerprint density at radius 1 is 1.56 bits per heavy atom. The minimum Gasteiger partial charge on any atom is -0.391 e. The monoisotopic (exact) mass is 253 g/mol. The molecule has 0 aliphatic carbocycles. The number of hydrogen-bond acceptors (Lipinski definition) is 4. The molecule has 0 bridgehead atoms. The molecular formula is C11H15N3O4. The summed E-state index contributed by atoms with van der Waals surface area (Å²) >= 11 is 0. The third-order valence-electron chi connectivity index (χ3n) is 3.19. The highest BCUT2D eigenvalue weighted by Crippen LogP contribution is 2.19. The largest absolute Gasteiger partial charge is 0.391 e. The van der Waals surface area contributed by atoms with Gasteiger partial charge in [0.1, 0.15) is 0 Å². The lowest BCUT2D eigenvalue weighted by Gasteiger charge is -2.29. The molecule has 1 aromatic rings. The van der Waals surface area contributed by atoms with Crippen LogP contribution in [0.5, 0.6) is 0 Å². The van der Waals surface area contributed by atoms with Crippen molar-refractivity contribution in [2.45, 2.75) is 18.9 Å². The van der Waals surface area contributed by atoms with E-state index in [0.29, 0.717) is 13.0 Å². The molecule has 98 valence electrons. The molecule has 1 unspecified atom stereocenters. The number of nitrogens with zero attached hydrogens (tertiary/aromatic N) is 3. The van der Waals surface area contributed by atoms with Crippen LogP contribution in [0.2, 0.25) is 0 Å². The summed E-state index contributed by atoms with van der Waals surface area (Å²) in [6, 6.07) is 2.76. The number of aromatic nitrogens is 1. The number of rotatable bonds is 2. The van der Waals surface area contributed by atoms with Gasteiger partial charge in [0.15, 0.2) is 5.69 Å². The van der Waals surface area contributed by atoms with E-state index in [1.807, 2.05) is 0 Å². The molecule has 0 aromatic carbocycles. The third kappa shape index (κ3) is 2.21. The lowest BCUT2D eigenvalue weighted by Crippen LogP contribution is -2.42. The fourth-order valence-corrected chi connectivity index (χ4v) is 2.20. The Labute approximate surface area is 104 Å². The van der Waals surface area contributed by atoms with Crippen LogP contribution in [0.25, 0.3) is 0 Å². The molecule has 1 amide bonds. The Balaban J connectivity index is 2.21. The van der Waals surface area contributed by atoms with Crippen molar-refractivity contribution in [1.82, 2.24) is 9.47 Å². The Morgan fingerprint density at radius 3 is 2.83 bits per heavy atom. The topological polar surface area (TPSA) is 88.6 Å². The van der Waals surface area contributed by atoms with E-state index in [2.05, 4.69) is 0 Å². The summed E-state index contributed by atoms with van der Waals surface area (Å²) < 4.78 is 1.27. The lowest BCUT2D eigenvalue weighted by atomic mass is 10.1. The van der Waals surface area contributed by atoms with Crippen LogP contribution < -0.4 is 0 Å². The van der Waals surface area contributed by atoms with E-state index in [-0.39, 0.29) is 24.0 Å². The minimum absolute atomic E-state index is 0.115.